The zero-order chi connectivity index (χ0) is 25.4. The molecule has 3 aromatic rings. The minimum absolute atomic E-state index is 0.0970. The van der Waals surface area contributed by atoms with E-state index in [1.807, 2.05) is 18.2 Å². The number of phenols is 2. The van der Waals surface area contributed by atoms with Gasteiger partial charge < -0.3 is 39.0 Å². The van der Waals surface area contributed by atoms with Crippen LogP contribution in [0.2, 0.25) is 0 Å². The van der Waals surface area contributed by atoms with Gasteiger partial charge in [-0.2, -0.15) is 0 Å². The number of rotatable bonds is 7. The Morgan fingerprint density at radius 3 is 2.19 bits per heavy atom. The molecule has 0 fully saturated rings. The highest BCUT2D eigenvalue weighted by molar-refractivity contribution is 5.63. The minimum Gasteiger partial charge on any atom is -0.508 e. The lowest BCUT2D eigenvalue weighted by molar-refractivity contribution is 0.156. The summed E-state index contributed by atoms with van der Waals surface area (Å²) < 4.78 is 28.9. The van der Waals surface area contributed by atoms with Crippen LogP contribution in [0.4, 0.5) is 0 Å². The van der Waals surface area contributed by atoms with Crippen molar-refractivity contribution >= 4 is 0 Å². The van der Waals surface area contributed by atoms with Crippen molar-refractivity contribution in [2.45, 2.75) is 24.9 Å². The predicted molar refractivity (Wildman–Crippen MR) is 132 cm³/mol. The van der Waals surface area contributed by atoms with Crippen molar-refractivity contribution in [1.82, 2.24) is 0 Å². The van der Waals surface area contributed by atoms with Crippen molar-refractivity contribution in [1.29, 1.82) is 0 Å². The molecule has 3 N–H and O–H groups in total. The van der Waals surface area contributed by atoms with Gasteiger partial charge in [0.15, 0.2) is 23.0 Å². The Morgan fingerprint density at radius 1 is 0.917 bits per heavy atom. The van der Waals surface area contributed by atoms with Crippen molar-refractivity contribution in [3.05, 3.63) is 64.7 Å². The molecular weight excluding hydrogens is 464 g/mol. The molecule has 3 unspecified atom stereocenters. The van der Waals surface area contributed by atoms with E-state index >= 15 is 0 Å². The van der Waals surface area contributed by atoms with Crippen LogP contribution in [0, 0.1) is 5.92 Å². The monoisotopic (exact) mass is 494 g/mol. The number of methoxy groups -OCH3 is 3. The van der Waals surface area contributed by atoms with E-state index in [4.69, 9.17) is 23.7 Å². The number of aromatic hydroxyl groups is 2. The maximum atomic E-state index is 10.5. The van der Waals surface area contributed by atoms with Gasteiger partial charge in [-0.1, -0.05) is 12.1 Å². The van der Waals surface area contributed by atoms with E-state index in [0.717, 1.165) is 35.3 Å². The summed E-state index contributed by atoms with van der Waals surface area (Å²) in [6.07, 6.45) is 0.990. The first-order chi connectivity index (χ1) is 17.5. The highest BCUT2D eigenvalue weighted by Crippen LogP contribution is 2.56. The van der Waals surface area contributed by atoms with E-state index in [2.05, 4.69) is 0 Å². The van der Waals surface area contributed by atoms with Gasteiger partial charge in [-0.25, -0.2) is 0 Å². The van der Waals surface area contributed by atoms with Crippen LogP contribution in [-0.2, 0) is 12.8 Å². The van der Waals surface area contributed by atoms with Crippen LogP contribution in [-0.4, -0.2) is 49.9 Å². The Bertz CT molecular complexity index is 1230. The summed E-state index contributed by atoms with van der Waals surface area (Å²) in [4.78, 5) is 0. The molecule has 0 saturated carbocycles. The standard InChI is InChI=1S/C28H30O8/c1-32-22-10-17(11-23(33-2)26(22)31)27-20(13-29)25-19-9-16(8-15-4-6-18(30)7-5-15)14-35-21(19)12-24(34-3)28(25)36-27/h4-7,10-12,16,20,27,29-31H,8-9,13-14H2,1-3H3. The summed E-state index contributed by atoms with van der Waals surface area (Å²) >= 11 is 0. The molecule has 2 heterocycles. The molecule has 8 nitrogen and oxygen atoms in total. The van der Waals surface area contributed by atoms with Crippen molar-refractivity contribution < 1.29 is 39.0 Å². The van der Waals surface area contributed by atoms with Crippen LogP contribution in [0.15, 0.2) is 42.5 Å². The average molecular weight is 495 g/mol. The second-order valence-corrected chi connectivity index (χ2v) is 9.15. The maximum absolute atomic E-state index is 10.5. The van der Waals surface area contributed by atoms with Gasteiger partial charge >= 0.3 is 0 Å². The Morgan fingerprint density at radius 2 is 1.58 bits per heavy atom. The van der Waals surface area contributed by atoms with Crippen molar-refractivity contribution in [3.8, 4) is 40.2 Å². The van der Waals surface area contributed by atoms with Crippen LogP contribution in [0.1, 0.15) is 34.3 Å². The number of benzene rings is 3. The first-order valence-electron chi connectivity index (χ1n) is 11.8. The van der Waals surface area contributed by atoms with E-state index in [9.17, 15) is 15.3 Å². The number of hydrogen-bond donors (Lipinski definition) is 3. The van der Waals surface area contributed by atoms with Crippen molar-refractivity contribution in [2.75, 3.05) is 34.5 Å². The van der Waals surface area contributed by atoms with Crippen LogP contribution in [0.3, 0.4) is 0 Å². The van der Waals surface area contributed by atoms with Gasteiger partial charge in [-0.05, 0) is 42.7 Å². The van der Waals surface area contributed by atoms with Gasteiger partial charge in [0.05, 0.1) is 40.5 Å². The number of phenolic OH excluding ortho intramolecular Hbond substituents is 2. The second kappa shape index (κ2) is 9.70. The lowest BCUT2D eigenvalue weighted by atomic mass is 9.82. The fraction of sp³-hybridized carbons (Fsp3) is 0.357. The van der Waals surface area contributed by atoms with Gasteiger partial charge in [0.25, 0.3) is 0 Å². The molecule has 5 rings (SSSR count). The van der Waals surface area contributed by atoms with Crippen molar-refractivity contribution in [3.63, 3.8) is 0 Å². The molecule has 0 radical (unpaired) electrons. The Hall–Kier alpha value is -3.78. The van der Waals surface area contributed by atoms with Gasteiger partial charge in [0, 0.05) is 28.7 Å². The van der Waals surface area contributed by atoms with E-state index in [0.29, 0.717) is 23.7 Å². The summed E-state index contributed by atoms with van der Waals surface area (Å²) in [6.45, 7) is 0.391. The average Bonchev–Trinajstić information content (AvgIpc) is 3.30. The molecular formula is C28H30O8. The molecule has 3 atom stereocenters. The van der Waals surface area contributed by atoms with E-state index < -0.39 is 6.10 Å². The quantitative estimate of drug-likeness (QED) is 0.450. The largest absolute Gasteiger partial charge is 0.508 e. The van der Waals surface area contributed by atoms with E-state index in [1.165, 1.54) is 14.2 Å². The number of aliphatic hydroxyl groups excluding tert-OH is 1. The Balaban J connectivity index is 1.53. The van der Waals surface area contributed by atoms with Crippen LogP contribution in [0.5, 0.6) is 40.2 Å². The third kappa shape index (κ3) is 4.11. The van der Waals surface area contributed by atoms with Gasteiger partial charge in [-0.3, -0.25) is 0 Å². The molecule has 190 valence electrons. The first kappa shape index (κ1) is 23.9. The molecule has 0 spiro atoms. The third-order valence-electron chi connectivity index (χ3n) is 7.01. The highest BCUT2D eigenvalue weighted by atomic mass is 16.5. The Labute approximate surface area is 209 Å². The molecule has 0 aliphatic carbocycles. The summed E-state index contributed by atoms with van der Waals surface area (Å²) in [5.41, 5.74) is 3.69. The minimum atomic E-state index is -0.550. The molecule has 36 heavy (non-hydrogen) atoms. The lowest BCUT2D eigenvalue weighted by Crippen LogP contribution is -2.24. The SMILES string of the molecule is COc1cc(C2Oc3c(OC)cc4c(c3C2CO)CC(Cc2ccc(O)cc2)CO4)cc(OC)c1O. The summed E-state index contributed by atoms with van der Waals surface area (Å²) in [5.74, 6) is 2.34. The fourth-order valence-electron chi connectivity index (χ4n) is 5.26. The molecule has 0 aromatic heterocycles. The van der Waals surface area contributed by atoms with E-state index in [1.54, 1.807) is 31.4 Å². The molecule has 3 aromatic carbocycles. The molecule has 2 aliphatic heterocycles. The Kier molecular flexibility index (Phi) is 6.45. The second-order valence-electron chi connectivity index (χ2n) is 9.15. The van der Waals surface area contributed by atoms with Gasteiger partial charge in [0.2, 0.25) is 5.75 Å². The molecule has 8 heteroatoms. The van der Waals surface area contributed by atoms with Crippen LogP contribution >= 0.6 is 0 Å². The van der Waals surface area contributed by atoms with E-state index in [-0.39, 0.29) is 41.4 Å². The maximum Gasteiger partial charge on any atom is 0.200 e. The fourth-order valence-corrected chi connectivity index (χ4v) is 5.26. The highest BCUT2D eigenvalue weighted by Gasteiger charge is 2.42. The van der Waals surface area contributed by atoms with Crippen molar-refractivity contribution in [2.24, 2.45) is 5.92 Å². The summed E-state index contributed by atoms with van der Waals surface area (Å²) in [5, 5.41) is 30.5. The molecule has 2 aliphatic rings. The number of fused-ring (bicyclic) bond motifs is 3. The number of ether oxygens (including phenoxy) is 5. The van der Waals surface area contributed by atoms with Gasteiger partial charge in [0.1, 0.15) is 17.6 Å². The normalized spacial score (nSPS) is 20.1. The first-order valence-corrected chi connectivity index (χ1v) is 11.8. The predicted octanol–water partition coefficient (Wildman–Crippen LogP) is 4.13. The van der Waals surface area contributed by atoms with Crippen LogP contribution < -0.4 is 23.7 Å². The topological polar surface area (TPSA) is 107 Å². The summed E-state index contributed by atoms with van der Waals surface area (Å²) in [6, 6.07) is 12.5. The van der Waals surface area contributed by atoms with Gasteiger partial charge in [-0.15, -0.1) is 0 Å². The lowest BCUT2D eigenvalue weighted by Gasteiger charge is -2.28. The number of aliphatic hydroxyl groups is 1. The molecule has 0 saturated heterocycles. The third-order valence-corrected chi connectivity index (χ3v) is 7.01. The van der Waals surface area contributed by atoms with Crippen LogP contribution in [0.25, 0.3) is 0 Å². The zero-order valence-electron chi connectivity index (χ0n) is 20.5. The smallest absolute Gasteiger partial charge is 0.200 e. The molecule has 0 amide bonds. The molecule has 0 bridgehead atoms. The zero-order valence-corrected chi connectivity index (χ0v) is 20.5. The summed E-state index contributed by atoms with van der Waals surface area (Å²) in [7, 11) is 4.52. The number of hydrogen-bond acceptors (Lipinski definition) is 8.